The summed E-state index contributed by atoms with van der Waals surface area (Å²) in [5, 5.41) is 0.736. The van der Waals surface area contributed by atoms with Gasteiger partial charge >= 0.3 is 0 Å². The average molecular weight is 396 g/mol. The Hall–Kier alpha value is -1.94. The van der Waals surface area contributed by atoms with Crippen LogP contribution in [-0.4, -0.2) is 34.4 Å². The molecule has 0 saturated carbocycles. The molecule has 2 unspecified atom stereocenters. The van der Waals surface area contributed by atoms with Crippen molar-refractivity contribution in [2.75, 3.05) is 6.26 Å². The van der Waals surface area contributed by atoms with E-state index in [1.807, 2.05) is 42.1 Å². The van der Waals surface area contributed by atoms with Crippen LogP contribution in [-0.2, 0) is 17.8 Å². The molecule has 2 fully saturated rings. The second kappa shape index (κ2) is 9.04. The summed E-state index contributed by atoms with van der Waals surface area (Å²) in [6.07, 6.45) is 8.31. The van der Waals surface area contributed by atoms with Gasteiger partial charge in [-0.3, -0.25) is 4.79 Å². The van der Waals surface area contributed by atoms with Crippen molar-refractivity contribution in [1.82, 2.24) is 4.90 Å². The number of aryl methyl sites for hydroxylation is 1. The molecule has 0 spiro atoms. The number of fused-ring (bicyclic) bond motifs is 2. The van der Waals surface area contributed by atoms with E-state index >= 15 is 0 Å². The average Bonchev–Trinajstić information content (AvgIpc) is 3.01. The fourth-order valence-corrected chi connectivity index (χ4v) is 5.47. The van der Waals surface area contributed by atoms with E-state index in [1.54, 1.807) is 0 Å². The Morgan fingerprint density at radius 1 is 1.04 bits per heavy atom. The standard InChI is InChI=1S/C24H29NO2S/c1-28-23-15-20-11-12-21(16-23)25(20)24(26)13-10-18-8-5-9-22(14-18)27-17-19-6-3-2-4-7-19/h2-9,14,20-21,23H,10-13,15-17H2,1H3. The number of amides is 1. The van der Waals surface area contributed by atoms with Crippen LogP contribution in [0.3, 0.4) is 0 Å². The third kappa shape index (κ3) is 4.54. The van der Waals surface area contributed by atoms with Crippen LogP contribution in [0.5, 0.6) is 5.75 Å². The molecular weight excluding hydrogens is 366 g/mol. The van der Waals surface area contributed by atoms with Crippen LogP contribution < -0.4 is 4.74 Å². The van der Waals surface area contributed by atoms with Gasteiger partial charge in [0.25, 0.3) is 0 Å². The van der Waals surface area contributed by atoms with E-state index in [0.29, 0.717) is 31.0 Å². The van der Waals surface area contributed by atoms with Gasteiger partial charge in [0.05, 0.1) is 0 Å². The number of rotatable bonds is 7. The van der Waals surface area contributed by atoms with E-state index < -0.39 is 0 Å². The first kappa shape index (κ1) is 19.4. The molecule has 0 aromatic heterocycles. The Bertz CT molecular complexity index is 780. The highest BCUT2D eigenvalue weighted by Gasteiger charge is 2.42. The number of ether oxygens (including phenoxy) is 1. The lowest BCUT2D eigenvalue weighted by molar-refractivity contribution is -0.135. The molecule has 28 heavy (non-hydrogen) atoms. The number of piperidine rings is 1. The molecule has 3 nitrogen and oxygen atoms in total. The first-order chi connectivity index (χ1) is 13.7. The molecule has 4 heteroatoms. The predicted molar refractivity (Wildman–Crippen MR) is 116 cm³/mol. The maximum absolute atomic E-state index is 12.9. The SMILES string of the molecule is CSC1CC2CCC(C1)N2C(=O)CCc1cccc(OCc2ccccc2)c1. The van der Waals surface area contributed by atoms with E-state index in [4.69, 9.17) is 4.74 Å². The first-order valence-electron chi connectivity index (χ1n) is 10.3. The summed E-state index contributed by atoms with van der Waals surface area (Å²) >= 11 is 1.97. The largest absolute Gasteiger partial charge is 0.489 e. The van der Waals surface area contributed by atoms with Gasteiger partial charge in [-0.25, -0.2) is 0 Å². The number of nitrogens with zero attached hydrogens (tertiary/aromatic N) is 1. The molecule has 2 saturated heterocycles. The quantitative estimate of drug-likeness (QED) is 0.654. The maximum Gasteiger partial charge on any atom is 0.223 e. The van der Waals surface area contributed by atoms with Crippen LogP contribution >= 0.6 is 11.8 Å². The van der Waals surface area contributed by atoms with Crippen molar-refractivity contribution in [1.29, 1.82) is 0 Å². The zero-order chi connectivity index (χ0) is 19.3. The molecule has 148 valence electrons. The van der Waals surface area contributed by atoms with E-state index in [-0.39, 0.29) is 0 Å². The van der Waals surface area contributed by atoms with Crippen molar-refractivity contribution in [3.05, 3.63) is 65.7 Å². The third-order valence-corrected chi connectivity index (χ3v) is 7.14. The summed E-state index contributed by atoms with van der Waals surface area (Å²) in [5.74, 6) is 1.21. The molecule has 0 aliphatic carbocycles. The second-order valence-electron chi connectivity index (χ2n) is 7.94. The number of hydrogen-bond acceptors (Lipinski definition) is 3. The number of hydrogen-bond donors (Lipinski definition) is 0. The summed E-state index contributed by atoms with van der Waals surface area (Å²) in [6.45, 7) is 0.566. The Kier molecular flexibility index (Phi) is 6.26. The zero-order valence-corrected chi connectivity index (χ0v) is 17.4. The van der Waals surface area contributed by atoms with E-state index in [0.717, 1.165) is 23.0 Å². The number of thioether (sulfide) groups is 1. The maximum atomic E-state index is 12.9. The highest BCUT2D eigenvalue weighted by atomic mass is 32.2. The highest BCUT2D eigenvalue weighted by molar-refractivity contribution is 7.99. The van der Waals surface area contributed by atoms with Crippen molar-refractivity contribution < 1.29 is 9.53 Å². The fraction of sp³-hybridized carbons (Fsp3) is 0.458. The van der Waals surface area contributed by atoms with Crippen LogP contribution in [0.1, 0.15) is 43.2 Å². The van der Waals surface area contributed by atoms with Crippen molar-refractivity contribution in [2.24, 2.45) is 0 Å². The molecule has 2 aliphatic heterocycles. The lowest BCUT2D eigenvalue weighted by atomic mass is 10.0. The Morgan fingerprint density at radius 3 is 2.46 bits per heavy atom. The van der Waals surface area contributed by atoms with Crippen molar-refractivity contribution >= 4 is 17.7 Å². The molecule has 1 amide bonds. The summed E-state index contributed by atoms with van der Waals surface area (Å²) < 4.78 is 5.93. The van der Waals surface area contributed by atoms with Gasteiger partial charge in [0.2, 0.25) is 5.91 Å². The monoisotopic (exact) mass is 395 g/mol. The van der Waals surface area contributed by atoms with Crippen molar-refractivity contribution in [3.63, 3.8) is 0 Å². The number of benzene rings is 2. The molecule has 2 aromatic carbocycles. The third-order valence-electron chi connectivity index (χ3n) is 6.09. The van der Waals surface area contributed by atoms with Crippen LogP contribution in [0, 0.1) is 0 Å². The molecule has 4 rings (SSSR count). The minimum Gasteiger partial charge on any atom is -0.489 e. The minimum atomic E-state index is 0.336. The lowest BCUT2D eigenvalue weighted by Crippen LogP contribution is -2.47. The molecular formula is C24H29NO2S. The van der Waals surface area contributed by atoms with Crippen molar-refractivity contribution in [2.45, 2.75) is 62.5 Å². The van der Waals surface area contributed by atoms with Crippen LogP contribution in [0.2, 0.25) is 0 Å². The number of carbonyl (C=O) groups excluding carboxylic acids is 1. The van der Waals surface area contributed by atoms with Gasteiger partial charge in [-0.2, -0.15) is 11.8 Å². The Labute approximate surface area is 172 Å². The summed E-state index contributed by atoms with van der Waals surface area (Å²) in [6, 6.07) is 19.3. The van der Waals surface area contributed by atoms with Gasteiger partial charge in [0.1, 0.15) is 12.4 Å². The van der Waals surface area contributed by atoms with Gasteiger partial charge in [0.15, 0.2) is 0 Å². The molecule has 2 heterocycles. The molecule has 0 N–H and O–H groups in total. The van der Waals surface area contributed by atoms with Crippen LogP contribution in [0.15, 0.2) is 54.6 Å². The van der Waals surface area contributed by atoms with E-state index in [2.05, 4.69) is 35.4 Å². The lowest BCUT2D eigenvalue weighted by Gasteiger charge is -2.38. The second-order valence-corrected chi connectivity index (χ2v) is 9.07. The van der Waals surface area contributed by atoms with Gasteiger partial charge in [-0.15, -0.1) is 0 Å². The van der Waals surface area contributed by atoms with Gasteiger partial charge in [0, 0.05) is 23.8 Å². The number of carbonyl (C=O) groups is 1. The van der Waals surface area contributed by atoms with Gasteiger partial charge in [-0.1, -0.05) is 42.5 Å². The Morgan fingerprint density at radius 2 is 1.75 bits per heavy atom. The van der Waals surface area contributed by atoms with Gasteiger partial charge < -0.3 is 9.64 Å². The molecule has 0 radical (unpaired) electrons. The Balaban J connectivity index is 1.31. The minimum absolute atomic E-state index is 0.336. The normalized spacial score (nSPS) is 23.6. The predicted octanol–water partition coefficient (Wildman–Crippen LogP) is 5.08. The smallest absolute Gasteiger partial charge is 0.223 e. The molecule has 2 aliphatic rings. The zero-order valence-electron chi connectivity index (χ0n) is 16.5. The van der Waals surface area contributed by atoms with E-state index in [1.165, 1.54) is 31.2 Å². The van der Waals surface area contributed by atoms with Gasteiger partial charge in [-0.05, 0) is 61.6 Å². The first-order valence-corrected chi connectivity index (χ1v) is 11.6. The van der Waals surface area contributed by atoms with E-state index in [9.17, 15) is 4.79 Å². The summed E-state index contributed by atoms with van der Waals surface area (Å²) in [5.41, 5.74) is 2.33. The molecule has 2 aromatic rings. The van der Waals surface area contributed by atoms with Crippen molar-refractivity contribution in [3.8, 4) is 5.75 Å². The highest BCUT2D eigenvalue weighted by Crippen LogP contribution is 2.39. The van der Waals surface area contributed by atoms with Crippen LogP contribution in [0.4, 0.5) is 0 Å². The molecule has 2 bridgehead atoms. The summed E-state index contributed by atoms with van der Waals surface area (Å²) in [7, 11) is 0. The topological polar surface area (TPSA) is 29.5 Å². The molecule has 2 atom stereocenters. The fourth-order valence-electron chi connectivity index (χ4n) is 4.64. The van der Waals surface area contributed by atoms with Crippen LogP contribution in [0.25, 0.3) is 0 Å². The summed E-state index contributed by atoms with van der Waals surface area (Å²) in [4.78, 5) is 15.1.